The molecular weight excluding hydrogens is 226 g/mol. The molecule has 18 heavy (non-hydrogen) atoms. The van der Waals surface area contributed by atoms with Crippen LogP contribution in [0.3, 0.4) is 0 Å². The number of aromatic nitrogens is 1. The first-order chi connectivity index (χ1) is 8.76. The number of anilines is 2. The smallest absolute Gasteiger partial charge is 0.119 e. The highest BCUT2D eigenvalue weighted by Crippen LogP contribution is 2.27. The molecule has 94 valence electrons. The maximum atomic E-state index is 5.73. The zero-order valence-corrected chi connectivity index (χ0v) is 10.6. The van der Waals surface area contributed by atoms with Gasteiger partial charge in [-0.1, -0.05) is 0 Å². The van der Waals surface area contributed by atoms with Gasteiger partial charge in [-0.25, -0.2) is 0 Å². The molecule has 1 aromatic heterocycles. The SMILES string of the molecule is COc1ccc(N(C)c2ccncc2CN)cc1. The lowest BCUT2D eigenvalue weighted by Gasteiger charge is -2.22. The number of hydrogen-bond donors (Lipinski definition) is 1. The van der Waals surface area contributed by atoms with E-state index >= 15 is 0 Å². The topological polar surface area (TPSA) is 51.4 Å². The van der Waals surface area contributed by atoms with E-state index < -0.39 is 0 Å². The lowest BCUT2D eigenvalue weighted by atomic mass is 10.2. The second-order valence-electron chi connectivity index (χ2n) is 3.97. The number of nitrogens with two attached hydrogens (primary N) is 1. The molecule has 2 N–H and O–H groups in total. The van der Waals surface area contributed by atoms with Crippen molar-refractivity contribution in [3.63, 3.8) is 0 Å². The van der Waals surface area contributed by atoms with Crippen molar-refractivity contribution in [1.29, 1.82) is 0 Å². The Morgan fingerprint density at radius 2 is 1.94 bits per heavy atom. The molecule has 0 saturated heterocycles. The van der Waals surface area contributed by atoms with Crippen LogP contribution in [0.2, 0.25) is 0 Å². The van der Waals surface area contributed by atoms with Crippen LogP contribution in [-0.4, -0.2) is 19.1 Å². The van der Waals surface area contributed by atoms with E-state index in [1.807, 2.05) is 37.4 Å². The van der Waals surface area contributed by atoms with Gasteiger partial charge in [0.15, 0.2) is 0 Å². The fourth-order valence-electron chi connectivity index (χ4n) is 1.85. The van der Waals surface area contributed by atoms with Crippen molar-refractivity contribution in [2.24, 2.45) is 5.73 Å². The number of methoxy groups -OCH3 is 1. The van der Waals surface area contributed by atoms with Gasteiger partial charge in [-0.05, 0) is 30.3 Å². The lowest BCUT2D eigenvalue weighted by molar-refractivity contribution is 0.415. The monoisotopic (exact) mass is 243 g/mol. The van der Waals surface area contributed by atoms with Gasteiger partial charge in [-0.2, -0.15) is 0 Å². The first-order valence-electron chi connectivity index (χ1n) is 5.77. The number of hydrogen-bond acceptors (Lipinski definition) is 4. The van der Waals surface area contributed by atoms with E-state index in [-0.39, 0.29) is 0 Å². The van der Waals surface area contributed by atoms with E-state index in [0.717, 1.165) is 22.7 Å². The molecule has 0 radical (unpaired) electrons. The number of benzene rings is 1. The third-order valence-corrected chi connectivity index (χ3v) is 2.92. The van der Waals surface area contributed by atoms with Crippen LogP contribution in [0.4, 0.5) is 11.4 Å². The van der Waals surface area contributed by atoms with Crippen LogP contribution in [0.15, 0.2) is 42.7 Å². The van der Waals surface area contributed by atoms with Gasteiger partial charge in [0.25, 0.3) is 0 Å². The standard InChI is InChI=1S/C14H17N3O/c1-17(12-3-5-13(18-2)6-4-12)14-7-8-16-10-11(14)9-15/h3-8,10H,9,15H2,1-2H3. The summed E-state index contributed by atoms with van der Waals surface area (Å²) in [6.07, 6.45) is 3.57. The van der Waals surface area contributed by atoms with Gasteiger partial charge in [0.1, 0.15) is 5.75 Å². The zero-order chi connectivity index (χ0) is 13.0. The molecule has 0 aliphatic heterocycles. The molecule has 1 heterocycles. The zero-order valence-electron chi connectivity index (χ0n) is 10.6. The third kappa shape index (κ3) is 2.43. The normalized spacial score (nSPS) is 10.2. The summed E-state index contributed by atoms with van der Waals surface area (Å²) in [7, 11) is 3.67. The molecule has 0 bridgehead atoms. The van der Waals surface area contributed by atoms with Crippen molar-refractivity contribution < 1.29 is 4.74 Å². The Balaban J connectivity index is 2.31. The maximum Gasteiger partial charge on any atom is 0.119 e. The van der Waals surface area contributed by atoms with Crippen molar-refractivity contribution in [1.82, 2.24) is 4.98 Å². The molecule has 0 amide bonds. The Bertz CT molecular complexity index is 511. The minimum Gasteiger partial charge on any atom is -0.497 e. The summed E-state index contributed by atoms with van der Waals surface area (Å²) in [6.45, 7) is 0.476. The van der Waals surface area contributed by atoms with Crippen LogP contribution in [0, 0.1) is 0 Å². The summed E-state index contributed by atoms with van der Waals surface area (Å²) < 4.78 is 5.15. The Hall–Kier alpha value is -2.07. The van der Waals surface area contributed by atoms with Crippen LogP contribution in [0.5, 0.6) is 5.75 Å². The van der Waals surface area contributed by atoms with Gasteiger partial charge in [0, 0.05) is 42.9 Å². The summed E-state index contributed by atoms with van der Waals surface area (Å²) in [6, 6.07) is 9.87. The van der Waals surface area contributed by atoms with Crippen LogP contribution in [0.25, 0.3) is 0 Å². The largest absolute Gasteiger partial charge is 0.497 e. The van der Waals surface area contributed by atoms with Crippen molar-refractivity contribution in [3.05, 3.63) is 48.3 Å². The molecule has 0 unspecified atom stereocenters. The number of rotatable bonds is 4. The summed E-state index contributed by atoms with van der Waals surface area (Å²) in [4.78, 5) is 6.18. The Morgan fingerprint density at radius 3 is 2.56 bits per heavy atom. The summed E-state index contributed by atoms with van der Waals surface area (Å²) in [5.74, 6) is 0.848. The highest BCUT2D eigenvalue weighted by Gasteiger charge is 2.08. The Labute approximate surface area is 107 Å². The second kappa shape index (κ2) is 5.51. The van der Waals surface area contributed by atoms with Crippen LogP contribution >= 0.6 is 0 Å². The van der Waals surface area contributed by atoms with E-state index in [2.05, 4.69) is 9.88 Å². The minimum absolute atomic E-state index is 0.476. The Morgan fingerprint density at radius 1 is 1.22 bits per heavy atom. The molecule has 2 aromatic rings. The van der Waals surface area contributed by atoms with Gasteiger partial charge in [0.2, 0.25) is 0 Å². The summed E-state index contributed by atoms with van der Waals surface area (Å²) >= 11 is 0. The highest BCUT2D eigenvalue weighted by atomic mass is 16.5. The van der Waals surface area contributed by atoms with Gasteiger partial charge >= 0.3 is 0 Å². The molecular formula is C14H17N3O. The minimum atomic E-state index is 0.476. The molecule has 0 atom stereocenters. The predicted molar refractivity (Wildman–Crippen MR) is 73.2 cm³/mol. The van der Waals surface area contributed by atoms with E-state index in [1.54, 1.807) is 19.5 Å². The fourth-order valence-corrected chi connectivity index (χ4v) is 1.85. The van der Waals surface area contributed by atoms with Gasteiger partial charge in [-0.15, -0.1) is 0 Å². The molecule has 1 aromatic carbocycles. The van der Waals surface area contributed by atoms with Gasteiger partial charge < -0.3 is 15.4 Å². The molecule has 0 spiro atoms. The van der Waals surface area contributed by atoms with Crippen LogP contribution in [-0.2, 0) is 6.54 Å². The molecule has 4 heteroatoms. The van der Waals surface area contributed by atoms with E-state index in [0.29, 0.717) is 6.54 Å². The van der Waals surface area contributed by atoms with E-state index in [1.165, 1.54) is 0 Å². The molecule has 0 aliphatic rings. The molecule has 4 nitrogen and oxygen atoms in total. The molecule has 0 aliphatic carbocycles. The van der Waals surface area contributed by atoms with Crippen LogP contribution in [0.1, 0.15) is 5.56 Å². The van der Waals surface area contributed by atoms with E-state index in [4.69, 9.17) is 10.5 Å². The predicted octanol–water partition coefficient (Wildman–Crippen LogP) is 2.32. The highest BCUT2D eigenvalue weighted by molar-refractivity contribution is 5.65. The molecule has 0 fully saturated rings. The van der Waals surface area contributed by atoms with Gasteiger partial charge in [-0.3, -0.25) is 4.98 Å². The second-order valence-corrected chi connectivity index (χ2v) is 3.97. The average molecular weight is 243 g/mol. The quantitative estimate of drug-likeness (QED) is 0.895. The van der Waals surface area contributed by atoms with E-state index in [9.17, 15) is 0 Å². The number of pyridine rings is 1. The lowest BCUT2D eigenvalue weighted by Crippen LogP contribution is -2.13. The summed E-state index contributed by atoms with van der Waals surface area (Å²) in [5, 5.41) is 0. The van der Waals surface area contributed by atoms with Crippen LogP contribution < -0.4 is 15.4 Å². The number of nitrogens with zero attached hydrogens (tertiary/aromatic N) is 2. The first kappa shape index (κ1) is 12.4. The Kier molecular flexibility index (Phi) is 3.79. The van der Waals surface area contributed by atoms with Crippen molar-refractivity contribution in [2.75, 3.05) is 19.1 Å². The van der Waals surface area contributed by atoms with Gasteiger partial charge in [0.05, 0.1) is 7.11 Å². The number of ether oxygens (including phenoxy) is 1. The van der Waals surface area contributed by atoms with Crippen molar-refractivity contribution in [2.45, 2.75) is 6.54 Å². The van der Waals surface area contributed by atoms with Crippen molar-refractivity contribution in [3.8, 4) is 5.75 Å². The van der Waals surface area contributed by atoms with Crippen molar-refractivity contribution >= 4 is 11.4 Å². The third-order valence-electron chi connectivity index (χ3n) is 2.92. The summed E-state index contributed by atoms with van der Waals surface area (Å²) in [5.41, 5.74) is 8.90. The average Bonchev–Trinajstić information content (AvgIpc) is 2.46. The first-order valence-corrected chi connectivity index (χ1v) is 5.77. The molecule has 2 rings (SSSR count). The maximum absolute atomic E-state index is 5.73. The fraction of sp³-hybridized carbons (Fsp3) is 0.214. The molecule has 0 saturated carbocycles.